The predicted molar refractivity (Wildman–Crippen MR) is 136 cm³/mol. The average molecular weight is 512 g/mol. The molecule has 0 aliphatic carbocycles. The Kier molecular flexibility index (Phi) is 8.92. The van der Waals surface area contributed by atoms with Crippen molar-refractivity contribution in [2.45, 2.75) is 36.2 Å². The number of hydrogen-bond acceptors (Lipinski definition) is 6. The fourth-order valence-electron chi connectivity index (χ4n) is 3.66. The lowest BCUT2D eigenvalue weighted by molar-refractivity contribution is -0.128. The molecule has 2 atom stereocenters. The van der Waals surface area contributed by atoms with Gasteiger partial charge in [-0.2, -0.15) is 4.72 Å². The number of guanidine groups is 1. The number of rotatable bonds is 12. The number of hydrogen-bond donors (Lipinski definition) is 6. The van der Waals surface area contributed by atoms with E-state index in [9.17, 15) is 18.0 Å². The summed E-state index contributed by atoms with van der Waals surface area (Å²) in [6.07, 6.45) is 2.02. The summed E-state index contributed by atoms with van der Waals surface area (Å²) in [4.78, 5) is 29.4. The number of nitrogens with two attached hydrogens (primary N) is 2. The van der Waals surface area contributed by atoms with E-state index < -0.39 is 33.9 Å². The molecule has 2 aromatic carbocycles. The van der Waals surface area contributed by atoms with Crippen LogP contribution in [0.25, 0.3) is 10.9 Å². The summed E-state index contributed by atoms with van der Waals surface area (Å²) < 4.78 is 29.1. The number of benzene rings is 2. The van der Waals surface area contributed by atoms with Crippen molar-refractivity contribution in [3.63, 3.8) is 0 Å². The normalized spacial score (nSPS) is 13.0. The zero-order valence-electron chi connectivity index (χ0n) is 19.5. The Morgan fingerprint density at radius 2 is 1.69 bits per heavy atom. The molecular formula is C24H29N7O4S. The Labute approximate surface area is 209 Å². The van der Waals surface area contributed by atoms with Crippen molar-refractivity contribution >= 4 is 38.7 Å². The summed E-state index contributed by atoms with van der Waals surface area (Å²) in [5, 5.41) is 13.1. The molecule has 8 N–H and O–H groups in total. The maximum Gasteiger partial charge on any atom is 0.243 e. The van der Waals surface area contributed by atoms with Crippen LogP contribution in [-0.4, -0.2) is 49.8 Å². The number of amides is 2. The minimum atomic E-state index is -4.18. The molecule has 0 aliphatic rings. The maximum atomic E-state index is 13.3. The number of sulfonamides is 1. The van der Waals surface area contributed by atoms with E-state index in [2.05, 4.69) is 20.3 Å². The van der Waals surface area contributed by atoms with Crippen molar-refractivity contribution in [1.82, 2.24) is 20.3 Å². The Hall–Kier alpha value is -4.03. The molecule has 11 nitrogen and oxygen atoms in total. The number of pyridine rings is 1. The third-order valence-electron chi connectivity index (χ3n) is 5.43. The summed E-state index contributed by atoms with van der Waals surface area (Å²) >= 11 is 0. The highest BCUT2D eigenvalue weighted by atomic mass is 32.2. The molecule has 0 saturated carbocycles. The second kappa shape index (κ2) is 12.1. The molecule has 2 amide bonds. The van der Waals surface area contributed by atoms with E-state index in [4.69, 9.17) is 16.9 Å². The molecule has 0 aliphatic heterocycles. The predicted octanol–water partition coefficient (Wildman–Crippen LogP) is 0.358. The number of carbonyl (C=O) groups excluding carboxylic acids is 2. The monoisotopic (exact) mass is 511 g/mol. The fourth-order valence-corrected chi connectivity index (χ4v) is 5.07. The van der Waals surface area contributed by atoms with E-state index in [1.54, 1.807) is 48.5 Å². The smallest absolute Gasteiger partial charge is 0.243 e. The molecule has 0 fully saturated rings. The SMILES string of the molecule is N=C(N)NCCC[C@H](NS(=O)(=O)c1cccc2cccnc12)C(=O)N[C@@H](Cc1ccccc1)C(N)=O. The molecule has 3 aromatic rings. The molecule has 1 heterocycles. The Morgan fingerprint density at radius 1 is 0.972 bits per heavy atom. The minimum absolute atomic E-state index is 0.0698. The van der Waals surface area contributed by atoms with Gasteiger partial charge in [0.05, 0.1) is 5.52 Å². The van der Waals surface area contributed by atoms with Gasteiger partial charge in [0.2, 0.25) is 21.8 Å². The van der Waals surface area contributed by atoms with Crippen molar-refractivity contribution in [2.24, 2.45) is 11.5 Å². The first-order valence-corrected chi connectivity index (χ1v) is 12.7. The summed E-state index contributed by atoms with van der Waals surface area (Å²) in [6.45, 7) is 0.250. The van der Waals surface area contributed by atoms with Gasteiger partial charge in [-0.1, -0.05) is 48.5 Å². The Balaban J connectivity index is 1.83. The second-order valence-corrected chi connectivity index (χ2v) is 9.82. The Bertz CT molecular complexity index is 1330. The molecular weight excluding hydrogens is 482 g/mol. The first-order chi connectivity index (χ1) is 17.2. The van der Waals surface area contributed by atoms with Crippen LogP contribution >= 0.6 is 0 Å². The van der Waals surface area contributed by atoms with Gasteiger partial charge in [-0.3, -0.25) is 20.0 Å². The van der Waals surface area contributed by atoms with Crippen molar-refractivity contribution in [1.29, 1.82) is 5.41 Å². The Morgan fingerprint density at radius 3 is 2.39 bits per heavy atom. The van der Waals surface area contributed by atoms with Gasteiger partial charge >= 0.3 is 0 Å². The molecule has 0 bridgehead atoms. The highest BCUT2D eigenvalue weighted by Crippen LogP contribution is 2.21. The average Bonchev–Trinajstić information content (AvgIpc) is 2.85. The van der Waals surface area contributed by atoms with Crippen LogP contribution in [0.5, 0.6) is 0 Å². The first kappa shape index (κ1) is 26.6. The summed E-state index contributed by atoms with van der Waals surface area (Å²) in [5.41, 5.74) is 11.9. The van der Waals surface area contributed by atoms with Gasteiger partial charge < -0.3 is 22.1 Å². The van der Waals surface area contributed by atoms with Crippen LogP contribution in [0.2, 0.25) is 0 Å². The van der Waals surface area contributed by atoms with Crippen LogP contribution in [0.3, 0.4) is 0 Å². The summed E-state index contributed by atoms with van der Waals surface area (Å²) in [7, 11) is -4.18. The van der Waals surface area contributed by atoms with Crippen LogP contribution < -0.4 is 26.8 Å². The quantitative estimate of drug-likeness (QED) is 0.115. The molecule has 3 rings (SSSR count). The topological polar surface area (TPSA) is 193 Å². The second-order valence-electron chi connectivity index (χ2n) is 8.14. The molecule has 0 unspecified atom stereocenters. The zero-order valence-corrected chi connectivity index (χ0v) is 20.3. The van der Waals surface area contributed by atoms with Crippen LogP contribution in [0.1, 0.15) is 18.4 Å². The van der Waals surface area contributed by atoms with Gasteiger partial charge in [0.25, 0.3) is 0 Å². The van der Waals surface area contributed by atoms with Gasteiger partial charge in [-0.05, 0) is 30.5 Å². The van der Waals surface area contributed by atoms with E-state index >= 15 is 0 Å². The van der Waals surface area contributed by atoms with Gasteiger partial charge in [0.1, 0.15) is 17.0 Å². The number of aromatic nitrogens is 1. The molecule has 0 saturated heterocycles. The number of carbonyl (C=O) groups is 2. The van der Waals surface area contributed by atoms with Crippen LogP contribution in [0.15, 0.2) is 71.8 Å². The van der Waals surface area contributed by atoms with E-state index in [0.717, 1.165) is 5.56 Å². The first-order valence-electron chi connectivity index (χ1n) is 11.2. The lowest BCUT2D eigenvalue weighted by Crippen LogP contribution is -2.53. The highest BCUT2D eigenvalue weighted by molar-refractivity contribution is 7.89. The molecule has 0 spiro atoms. The molecule has 36 heavy (non-hydrogen) atoms. The number of nitrogens with one attached hydrogen (secondary N) is 4. The zero-order chi connectivity index (χ0) is 26.1. The van der Waals surface area contributed by atoms with E-state index in [1.165, 1.54) is 12.3 Å². The lowest BCUT2D eigenvalue weighted by atomic mass is 10.0. The van der Waals surface area contributed by atoms with Gasteiger partial charge in [-0.25, -0.2) is 8.42 Å². The standard InChI is InChI=1S/C24H29N7O4S/c25-22(32)19(15-16-7-2-1-3-8-16)30-23(33)18(11-6-14-29-24(26)27)31-36(34,35)20-12-4-9-17-10-5-13-28-21(17)20/h1-5,7-10,12-13,18-19,31H,6,11,14-15H2,(H2,25,32)(H,30,33)(H4,26,27,29)/t18-,19-/m0/s1. The number of primary amides is 1. The molecule has 1 aromatic heterocycles. The van der Waals surface area contributed by atoms with Crippen LogP contribution in [0, 0.1) is 5.41 Å². The summed E-state index contributed by atoms with van der Waals surface area (Å²) in [6, 6.07) is 14.9. The lowest BCUT2D eigenvalue weighted by Gasteiger charge is -2.22. The van der Waals surface area contributed by atoms with Crippen molar-refractivity contribution in [2.75, 3.05) is 6.54 Å². The number of nitrogens with zero attached hydrogens (tertiary/aromatic N) is 1. The maximum absolute atomic E-state index is 13.3. The van der Waals surface area contributed by atoms with E-state index in [1.807, 2.05) is 6.07 Å². The minimum Gasteiger partial charge on any atom is -0.370 e. The van der Waals surface area contributed by atoms with E-state index in [-0.39, 0.29) is 35.8 Å². The van der Waals surface area contributed by atoms with Gasteiger partial charge in [0, 0.05) is 24.5 Å². The van der Waals surface area contributed by atoms with Crippen LogP contribution in [0.4, 0.5) is 0 Å². The molecule has 190 valence electrons. The van der Waals surface area contributed by atoms with Crippen LogP contribution in [-0.2, 0) is 26.0 Å². The number of fused-ring (bicyclic) bond motifs is 1. The molecule has 0 radical (unpaired) electrons. The van der Waals surface area contributed by atoms with Gasteiger partial charge in [0.15, 0.2) is 5.96 Å². The third-order valence-corrected chi connectivity index (χ3v) is 6.93. The van der Waals surface area contributed by atoms with Gasteiger partial charge in [-0.15, -0.1) is 0 Å². The fraction of sp³-hybridized carbons (Fsp3) is 0.250. The van der Waals surface area contributed by atoms with Crippen molar-refractivity contribution in [3.8, 4) is 0 Å². The highest BCUT2D eigenvalue weighted by Gasteiger charge is 2.29. The van der Waals surface area contributed by atoms with E-state index in [0.29, 0.717) is 11.8 Å². The van der Waals surface area contributed by atoms with Crippen molar-refractivity contribution < 1.29 is 18.0 Å². The number of para-hydroxylation sites is 1. The molecule has 12 heteroatoms. The van der Waals surface area contributed by atoms with Crippen molar-refractivity contribution in [3.05, 3.63) is 72.4 Å². The third kappa shape index (κ3) is 7.23. The largest absolute Gasteiger partial charge is 0.370 e. The summed E-state index contributed by atoms with van der Waals surface area (Å²) in [5.74, 6) is -1.69.